The molecule has 1 amide bonds. The summed E-state index contributed by atoms with van der Waals surface area (Å²) in [4.78, 5) is 23.3. The molecule has 142 valence electrons. The monoisotopic (exact) mass is 383 g/mol. The molecule has 1 N–H and O–H groups in total. The van der Waals surface area contributed by atoms with E-state index in [-0.39, 0.29) is 11.6 Å². The molecule has 0 radical (unpaired) electrons. The van der Waals surface area contributed by atoms with Crippen LogP contribution in [0.25, 0.3) is 11.6 Å². The lowest BCUT2D eigenvalue weighted by molar-refractivity contribution is -0.384. The highest BCUT2D eigenvalue weighted by molar-refractivity contribution is 6.29. The van der Waals surface area contributed by atoms with Crippen LogP contribution in [0.5, 0.6) is 0 Å². The normalized spacial score (nSPS) is 10.8. The fourth-order valence-electron chi connectivity index (χ4n) is 2.75. The van der Waals surface area contributed by atoms with E-state index in [0.29, 0.717) is 23.2 Å². The maximum atomic E-state index is 13.0. The van der Waals surface area contributed by atoms with E-state index in [9.17, 15) is 14.9 Å². The van der Waals surface area contributed by atoms with Crippen molar-refractivity contribution in [2.45, 2.75) is 6.42 Å². The molecule has 3 rings (SSSR count). The fourth-order valence-corrected chi connectivity index (χ4v) is 2.75. The SMILES string of the molecule is N#CCc1ccc(NC(=O)/C(=C/c2ccc([N+](=O)[O-])cc2)c2ccccc2)cc1. The van der Waals surface area contributed by atoms with Crippen LogP contribution in [0.2, 0.25) is 0 Å². The first-order chi connectivity index (χ1) is 14.1. The molecule has 0 aliphatic heterocycles. The number of hydrogen-bond donors (Lipinski definition) is 1. The van der Waals surface area contributed by atoms with Crippen LogP contribution in [0.1, 0.15) is 16.7 Å². The highest BCUT2D eigenvalue weighted by atomic mass is 16.6. The Bertz CT molecular complexity index is 1080. The molecule has 0 saturated carbocycles. The van der Waals surface area contributed by atoms with E-state index in [0.717, 1.165) is 11.1 Å². The second-order valence-electron chi connectivity index (χ2n) is 6.26. The molecule has 0 atom stereocenters. The molecular weight excluding hydrogens is 366 g/mol. The van der Waals surface area contributed by atoms with E-state index < -0.39 is 4.92 Å². The smallest absolute Gasteiger partial charge is 0.269 e. The van der Waals surface area contributed by atoms with Crippen molar-refractivity contribution in [2.75, 3.05) is 5.32 Å². The largest absolute Gasteiger partial charge is 0.322 e. The molecule has 0 heterocycles. The third-order valence-corrected chi connectivity index (χ3v) is 4.24. The summed E-state index contributed by atoms with van der Waals surface area (Å²) >= 11 is 0. The number of nitriles is 1. The number of nitro groups is 1. The highest BCUT2D eigenvalue weighted by Crippen LogP contribution is 2.22. The van der Waals surface area contributed by atoms with Gasteiger partial charge in [0.15, 0.2) is 0 Å². The molecule has 3 aromatic carbocycles. The Balaban J connectivity index is 1.90. The van der Waals surface area contributed by atoms with Gasteiger partial charge >= 0.3 is 0 Å². The summed E-state index contributed by atoms with van der Waals surface area (Å²) in [6, 6.07) is 24.4. The predicted molar refractivity (Wildman–Crippen MR) is 112 cm³/mol. The summed E-state index contributed by atoms with van der Waals surface area (Å²) < 4.78 is 0. The van der Waals surface area contributed by atoms with Crippen LogP contribution in [0, 0.1) is 21.4 Å². The number of amides is 1. The molecule has 29 heavy (non-hydrogen) atoms. The molecule has 0 spiro atoms. The van der Waals surface area contributed by atoms with Crippen molar-refractivity contribution < 1.29 is 9.72 Å². The number of benzene rings is 3. The summed E-state index contributed by atoms with van der Waals surface area (Å²) in [5, 5.41) is 22.5. The summed E-state index contributed by atoms with van der Waals surface area (Å²) in [5.74, 6) is -0.303. The maximum absolute atomic E-state index is 13.0. The number of carbonyl (C=O) groups is 1. The minimum Gasteiger partial charge on any atom is -0.322 e. The summed E-state index contributed by atoms with van der Waals surface area (Å²) in [5.41, 5.74) is 3.31. The molecule has 6 nitrogen and oxygen atoms in total. The van der Waals surface area contributed by atoms with Gasteiger partial charge in [-0.3, -0.25) is 14.9 Å². The van der Waals surface area contributed by atoms with Gasteiger partial charge in [0.1, 0.15) is 0 Å². The average molecular weight is 383 g/mol. The van der Waals surface area contributed by atoms with Gasteiger partial charge in [-0.15, -0.1) is 0 Å². The van der Waals surface area contributed by atoms with Crippen LogP contribution in [0.3, 0.4) is 0 Å². The van der Waals surface area contributed by atoms with Gasteiger partial charge in [-0.25, -0.2) is 0 Å². The van der Waals surface area contributed by atoms with Gasteiger partial charge in [0.05, 0.1) is 17.4 Å². The Morgan fingerprint density at radius 2 is 1.66 bits per heavy atom. The Hall–Kier alpha value is -4.24. The number of nitro benzene ring substituents is 1. The molecule has 0 aromatic heterocycles. The topological polar surface area (TPSA) is 96.0 Å². The predicted octanol–water partition coefficient (Wildman–Crippen LogP) is 4.84. The van der Waals surface area contributed by atoms with Gasteiger partial charge in [-0.2, -0.15) is 5.26 Å². The number of non-ortho nitro benzene ring substituents is 1. The number of rotatable bonds is 6. The zero-order valence-corrected chi connectivity index (χ0v) is 15.4. The van der Waals surface area contributed by atoms with E-state index >= 15 is 0 Å². The number of carbonyl (C=O) groups excluding carboxylic acids is 1. The van der Waals surface area contributed by atoms with Gasteiger partial charge in [0.2, 0.25) is 0 Å². The standard InChI is InChI=1S/C23H17N3O3/c24-15-14-17-6-10-20(11-7-17)25-23(27)22(19-4-2-1-3-5-19)16-18-8-12-21(13-9-18)26(28)29/h1-13,16H,14H2,(H,25,27)/b22-16+. The Labute approximate surface area is 167 Å². The van der Waals surface area contributed by atoms with E-state index in [2.05, 4.69) is 11.4 Å². The molecule has 0 unspecified atom stereocenters. The molecule has 0 saturated heterocycles. The molecule has 3 aromatic rings. The first kappa shape index (κ1) is 19.5. The number of nitrogens with one attached hydrogen (secondary N) is 1. The molecule has 0 fully saturated rings. The minimum atomic E-state index is -0.464. The van der Waals surface area contributed by atoms with Crippen molar-refractivity contribution in [1.29, 1.82) is 5.26 Å². The van der Waals surface area contributed by atoms with Crippen LogP contribution >= 0.6 is 0 Å². The molecule has 6 heteroatoms. The van der Waals surface area contributed by atoms with Crippen molar-refractivity contribution in [3.05, 3.63) is 106 Å². The van der Waals surface area contributed by atoms with Crippen LogP contribution < -0.4 is 5.32 Å². The first-order valence-electron chi connectivity index (χ1n) is 8.85. The van der Waals surface area contributed by atoms with Crippen LogP contribution in [0.15, 0.2) is 78.9 Å². The Kier molecular flexibility index (Phi) is 6.13. The van der Waals surface area contributed by atoms with Crippen molar-refractivity contribution in [3.63, 3.8) is 0 Å². The maximum Gasteiger partial charge on any atom is 0.269 e. The highest BCUT2D eigenvalue weighted by Gasteiger charge is 2.13. The molecule has 0 bridgehead atoms. The lowest BCUT2D eigenvalue weighted by Crippen LogP contribution is -2.13. The number of hydrogen-bond acceptors (Lipinski definition) is 4. The molecular formula is C23H17N3O3. The lowest BCUT2D eigenvalue weighted by Gasteiger charge is -2.10. The zero-order chi connectivity index (χ0) is 20.6. The van der Waals surface area contributed by atoms with Crippen molar-refractivity contribution in [2.24, 2.45) is 0 Å². The average Bonchev–Trinajstić information content (AvgIpc) is 2.74. The van der Waals surface area contributed by atoms with Crippen LogP contribution in [0.4, 0.5) is 11.4 Å². The van der Waals surface area contributed by atoms with Crippen molar-refractivity contribution >= 4 is 28.9 Å². The Morgan fingerprint density at radius 3 is 2.24 bits per heavy atom. The number of nitrogens with zero attached hydrogens (tertiary/aromatic N) is 2. The third-order valence-electron chi connectivity index (χ3n) is 4.24. The zero-order valence-electron chi connectivity index (χ0n) is 15.4. The van der Waals surface area contributed by atoms with Gasteiger partial charge in [-0.05, 0) is 47.0 Å². The first-order valence-corrected chi connectivity index (χ1v) is 8.85. The van der Waals surface area contributed by atoms with Gasteiger partial charge < -0.3 is 5.32 Å². The fraction of sp³-hybridized carbons (Fsp3) is 0.0435. The quantitative estimate of drug-likeness (QED) is 0.285. The second kappa shape index (κ2) is 9.11. The summed E-state index contributed by atoms with van der Waals surface area (Å²) in [6.07, 6.45) is 2.00. The van der Waals surface area contributed by atoms with Crippen molar-refractivity contribution in [1.82, 2.24) is 0 Å². The van der Waals surface area contributed by atoms with E-state index in [4.69, 9.17) is 5.26 Å². The second-order valence-corrected chi connectivity index (χ2v) is 6.26. The summed E-state index contributed by atoms with van der Waals surface area (Å²) in [6.45, 7) is 0. The Morgan fingerprint density at radius 1 is 1.00 bits per heavy atom. The molecule has 0 aliphatic rings. The van der Waals surface area contributed by atoms with E-state index in [1.807, 2.05) is 30.3 Å². The minimum absolute atomic E-state index is 0.00896. The van der Waals surface area contributed by atoms with Gasteiger partial charge in [0.25, 0.3) is 11.6 Å². The van der Waals surface area contributed by atoms with Crippen molar-refractivity contribution in [3.8, 4) is 6.07 Å². The van der Waals surface area contributed by atoms with E-state index in [1.165, 1.54) is 12.1 Å². The van der Waals surface area contributed by atoms with Crippen LogP contribution in [-0.4, -0.2) is 10.8 Å². The molecule has 0 aliphatic carbocycles. The third kappa shape index (κ3) is 5.15. The van der Waals surface area contributed by atoms with Crippen LogP contribution in [-0.2, 0) is 11.2 Å². The van der Waals surface area contributed by atoms with E-state index in [1.54, 1.807) is 42.5 Å². The summed E-state index contributed by atoms with van der Waals surface area (Å²) in [7, 11) is 0. The van der Waals surface area contributed by atoms with Gasteiger partial charge in [0, 0.05) is 23.4 Å². The number of anilines is 1. The van der Waals surface area contributed by atoms with Gasteiger partial charge in [-0.1, -0.05) is 42.5 Å². The lowest BCUT2D eigenvalue weighted by atomic mass is 10.0.